The van der Waals surface area contributed by atoms with Crippen LogP contribution in [0.1, 0.15) is 27.2 Å². The predicted octanol–water partition coefficient (Wildman–Crippen LogP) is 2.70. The fraction of sp³-hybridized carbons (Fsp3) is 0.696. The van der Waals surface area contributed by atoms with E-state index < -0.39 is 0 Å². The molecule has 7 nitrogen and oxygen atoms in total. The molecule has 1 aromatic carbocycles. The van der Waals surface area contributed by atoms with Crippen molar-refractivity contribution in [3.05, 3.63) is 24.3 Å². The van der Waals surface area contributed by atoms with Crippen molar-refractivity contribution >= 4 is 17.4 Å². The smallest absolute Gasteiger partial charge is 0.319 e. The number of urea groups is 1. The summed E-state index contributed by atoms with van der Waals surface area (Å²) in [5.41, 5.74) is 1.99. The van der Waals surface area contributed by atoms with Gasteiger partial charge >= 0.3 is 6.03 Å². The van der Waals surface area contributed by atoms with Crippen LogP contribution in [0.3, 0.4) is 0 Å². The van der Waals surface area contributed by atoms with Gasteiger partial charge in [-0.2, -0.15) is 0 Å². The maximum Gasteiger partial charge on any atom is 0.319 e. The Labute approximate surface area is 181 Å². The summed E-state index contributed by atoms with van der Waals surface area (Å²) >= 11 is 0. The number of hydrogen-bond donors (Lipinski definition) is 2. The number of carbonyl (C=O) groups is 1. The molecule has 2 aliphatic rings. The Morgan fingerprint density at radius 3 is 2.43 bits per heavy atom. The number of amides is 2. The maximum absolute atomic E-state index is 12.7. The van der Waals surface area contributed by atoms with Crippen LogP contribution in [0, 0.1) is 5.92 Å². The molecule has 0 aromatic heterocycles. The van der Waals surface area contributed by atoms with E-state index in [0.29, 0.717) is 18.5 Å². The summed E-state index contributed by atoms with van der Waals surface area (Å²) in [6, 6.07) is 8.34. The summed E-state index contributed by atoms with van der Waals surface area (Å²) in [6.45, 7) is 16.0. The fourth-order valence-electron chi connectivity index (χ4n) is 4.39. The molecule has 1 atom stereocenters. The van der Waals surface area contributed by atoms with Gasteiger partial charge in [0.05, 0.1) is 24.6 Å². The molecule has 2 saturated heterocycles. The Hall–Kier alpha value is -1.83. The second-order valence-electron chi connectivity index (χ2n) is 8.71. The Bertz CT molecular complexity index is 655. The number of likely N-dealkylation sites (N-methyl/N-ethyl adjacent to an activating group) is 1. The molecule has 0 spiro atoms. The summed E-state index contributed by atoms with van der Waals surface area (Å²) in [4.78, 5) is 20.0. The van der Waals surface area contributed by atoms with E-state index in [4.69, 9.17) is 4.74 Å². The van der Waals surface area contributed by atoms with Gasteiger partial charge in [0.2, 0.25) is 0 Å². The molecule has 0 radical (unpaired) electrons. The highest BCUT2D eigenvalue weighted by atomic mass is 16.5. The summed E-state index contributed by atoms with van der Waals surface area (Å²) < 4.78 is 5.50. The number of para-hydroxylation sites is 2. The number of rotatable bonds is 8. The van der Waals surface area contributed by atoms with Gasteiger partial charge in [0.1, 0.15) is 0 Å². The van der Waals surface area contributed by atoms with Gasteiger partial charge in [-0.15, -0.1) is 0 Å². The quantitative estimate of drug-likeness (QED) is 0.681. The van der Waals surface area contributed by atoms with Crippen molar-refractivity contribution < 1.29 is 9.53 Å². The van der Waals surface area contributed by atoms with Crippen molar-refractivity contribution in [3.63, 3.8) is 0 Å². The van der Waals surface area contributed by atoms with Crippen LogP contribution in [0.25, 0.3) is 0 Å². The molecule has 1 aromatic rings. The zero-order valence-corrected chi connectivity index (χ0v) is 18.9. The predicted molar refractivity (Wildman–Crippen MR) is 123 cm³/mol. The van der Waals surface area contributed by atoms with Crippen LogP contribution in [0.15, 0.2) is 24.3 Å². The number of anilines is 2. The number of hydrogen-bond acceptors (Lipinski definition) is 5. The lowest BCUT2D eigenvalue weighted by Crippen LogP contribution is -2.50. The van der Waals surface area contributed by atoms with E-state index in [-0.39, 0.29) is 6.03 Å². The zero-order chi connectivity index (χ0) is 21.3. The first-order chi connectivity index (χ1) is 14.6. The van der Waals surface area contributed by atoms with Crippen LogP contribution in [-0.2, 0) is 4.74 Å². The molecule has 0 saturated carbocycles. The third-order valence-electron chi connectivity index (χ3n) is 6.12. The number of nitrogens with zero attached hydrogens (tertiary/aromatic N) is 3. The minimum atomic E-state index is -0.128. The van der Waals surface area contributed by atoms with Crippen molar-refractivity contribution in [2.45, 2.75) is 33.2 Å². The summed E-state index contributed by atoms with van der Waals surface area (Å²) in [5, 5.41) is 6.22. The van der Waals surface area contributed by atoms with Gasteiger partial charge in [-0.1, -0.05) is 32.9 Å². The van der Waals surface area contributed by atoms with Gasteiger partial charge in [0.25, 0.3) is 0 Å². The topological polar surface area (TPSA) is 60.1 Å². The van der Waals surface area contributed by atoms with Crippen LogP contribution in [0.2, 0.25) is 0 Å². The monoisotopic (exact) mass is 417 g/mol. The van der Waals surface area contributed by atoms with Gasteiger partial charge in [-0.3, -0.25) is 4.90 Å². The second kappa shape index (κ2) is 11.5. The average molecular weight is 418 g/mol. The Kier molecular flexibility index (Phi) is 8.78. The number of piperazine rings is 1. The lowest BCUT2D eigenvalue weighted by atomic mass is 10.0. The largest absolute Gasteiger partial charge is 0.379 e. The Morgan fingerprint density at radius 2 is 1.77 bits per heavy atom. The van der Waals surface area contributed by atoms with Crippen LogP contribution < -0.4 is 15.5 Å². The molecule has 2 aliphatic heterocycles. The molecular formula is C23H39N5O2. The third kappa shape index (κ3) is 6.59. The van der Waals surface area contributed by atoms with Crippen LogP contribution >= 0.6 is 0 Å². The van der Waals surface area contributed by atoms with Crippen LogP contribution in [0.4, 0.5) is 16.2 Å². The van der Waals surface area contributed by atoms with E-state index in [9.17, 15) is 4.79 Å². The van der Waals surface area contributed by atoms with E-state index in [1.165, 1.54) is 0 Å². The minimum absolute atomic E-state index is 0.128. The third-order valence-corrected chi connectivity index (χ3v) is 6.12. The molecule has 30 heavy (non-hydrogen) atoms. The highest BCUT2D eigenvalue weighted by molar-refractivity contribution is 5.93. The zero-order valence-electron chi connectivity index (χ0n) is 18.9. The van der Waals surface area contributed by atoms with Gasteiger partial charge in [-0.25, -0.2) is 4.79 Å². The molecule has 7 heteroatoms. The number of ether oxygens (including phenoxy) is 1. The first-order valence-electron chi connectivity index (χ1n) is 11.5. The van der Waals surface area contributed by atoms with Gasteiger partial charge < -0.3 is 25.2 Å². The van der Waals surface area contributed by atoms with Crippen molar-refractivity contribution in [1.29, 1.82) is 0 Å². The van der Waals surface area contributed by atoms with Crippen LogP contribution in [-0.4, -0.2) is 87.4 Å². The second-order valence-corrected chi connectivity index (χ2v) is 8.71. The number of morpholine rings is 1. The lowest BCUT2D eigenvalue weighted by Gasteiger charge is -2.36. The fourth-order valence-corrected chi connectivity index (χ4v) is 4.39. The van der Waals surface area contributed by atoms with Gasteiger partial charge in [0, 0.05) is 51.9 Å². The standard InChI is InChI=1S/C23H39N5O2/c1-4-26-9-11-28(12-10-26)22-8-6-5-7-21(22)25-23(29)24-18-20(17-19(2)3)27-13-15-30-16-14-27/h5-8,19-20H,4,9-18H2,1-3H3,(H2,24,25,29)/t20-/m0/s1. The molecular weight excluding hydrogens is 378 g/mol. The molecule has 2 N–H and O–H groups in total. The molecule has 0 aliphatic carbocycles. The van der Waals surface area contributed by atoms with E-state index in [1.54, 1.807) is 0 Å². The SMILES string of the molecule is CCN1CCN(c2ccccc2NC(=O)NC[C@H](CC(C)C)N2CCOCC2)CC1. The Balaban J connectivity index is 1.56. The van der Waals surface area contributed by atoms with E-state index in [0.717, 1.165) is 76.8 Å². The number of nitrogens with one attached hydrogen (secondary N) is 2. The molecule has 2 fully saturated rings. The van der Waals surface area contributed by atoms with Crippen molar-refractivity contribution in [2.24, 2.45) is 5.92 Å². The van der Waals surface area contributed by atoms with Crippen molar-refractivity contribution in [1.82, 2.24) is 15.1 Å². The van der Waals surface area contributed by atoms with Crippen molar-refractivity contribution in [2.75, 3.05) is 75.8 Å². The average Bonchev–Trinajstić information content (AvgIpc) is 2.77. The highest BCUT2D eigenvalue weighted by Gasteiger charge is 2.23. The highest BCUT2D eigenvalue weighted by Crippen LogP contribution is 2.26. The molecule has 0 unspecified atom stereocenters. The number of benzene rings is 1. The minimum Gasteiger partial charge on any atom is -0.379 e. The Morgan fingerprint density at radius 1 is 1.07 bits per heavy atom. The van der Waals surface area contributed by atoms with Crippen molar-refractivity contribution in [3.8, 4) is 0 Å². The first kappa shape index (κ1) is 22.8. The first-order valence-corrected chi connectivity index (χ1v) is 11.5. The molecule has 2 heterocycles. The molecule has 3 rings (SSSR count). The normalized spacial score (nSPS) is 19.7. The number of carbonyl (C=O) groups excluding carboxylic acids is 1. The summed E-state index contributed by atoms with van der Waals surface area (Å²) in [6.07, 6.45) is 1.07. The molecule has 168 valence electrons. The van der Waals surface area contributed by atoms with E-state index >= 15 is 0 Å². The molecule has 2 amide bonds. The summed E-state index contributed by atoms with van der Waals surface area (Å²) in [5.74, 6) is 0.588. The molecule has 0 bridgehead atoms. The van der Waals surface area contributed by atoms with Gasteiger partial charge in [-0.05, 0) is 31.0 Å². The van der Waals surface area contributed by atoms with E-state index in [1.807, 2.05) is 18.2 Å². The van der Waals surface area contributed by atoms with Crippen LogP contribution in [0.5, 0.6) is 0 Å². The van der Waals surface area contributed by atoms with E-state index in [2.05, 4.69) is 52.2 Å². The lowest BCUT2D eigenvalue weighted by molar-refractivity contribution is 0.0130. The van der Waals surface area contributed by atoms with Gasteiger partial charge in [0.15, 0.2) is 0 Å². The maximum atomic E-state index is 12.7. The summed E-state index contributed by atoms with van der Waals surface area (Å²) in [7, 11) is 0.